The number of amides is 1. The Labute approximate surface area is 171 Å². The lowest BCUT2D eigenvalue weighted by molar-refractivity contribution is 0.0297. The maximum Gasteiger partial charge on any atom is 0.410 e. The Morgan fingerprint density at radius 1 is 1.07 bits per heavy atom. The Bertz CT molecular complexity index is 943. The molecule has 0 saturated heterocycles. The fraction of sp³-hybridized carbons (Fsp3) is 0.348. The predicted molar refractivity (Wildman–Crippen MR) is 116 cm³/mol. The Hall–Kier alpha value is -2.40. The number of aryl methyl sites for hydroxylation is 1. The van der Waals surface area contributed by atoms with Crippen LogP contribution >= 0.6 is 11.8 Å². The molecule has 0 bridgehead atoms. The summed E-state index contributed by atoms with van der Waals surface area (Å²) < 4.78 is 5.42. The minimum Gasteiger partial charge on any atom is -0.444 e. The molecule has 1 aromatic heterocycles. The molecule has 4 nitrogen and oxygen atoms in total. The lowest BCUT2D eigenvalue weighted by Gasteiger charge is -2.24. The van der Waals surface area contributed by atoms with Gasteiger partial charge in [-0.2, -0.15) is 0 Å². The molecule has 28 heavy (non-hydrogen) atoms. The van der Waals surface area contributed by atoms with Gasteiger partial charge in [0.15, 0.2) is 0 Å². The van der Waals surface area contributed by atoms with E-state index in [1.54, 1.807) is 23.7 Å². The summed E-state index contributed by atoms with van der Waals surface area (Å²) in [5.41, 5.74) is 1.99. The second kappa shape index (κ2) is 8.74. The van der Waals surface area contributed by atoms with Crippen LogP contribution in [-0.2, 0) is 11.2 Å². The first kappa shape index (κ1) is 20.3. The van der Waals surface area contributed by atoms with Crippen molar-refractivity contribution in [2.24, 2.45) is 0 Å². The molecule has 0 aliphatic carbocycles. The first-order chi connectivity index (χ1) is 13.3. The summed E-state index contributed by atoms with van der Waals surface area (Å²) in [6, 6.07) is 16.8. The Morgan fingerprint density at radius 2 is 1.79 bits per heavy atom. The predicted octanol–water partition coefficient (Wildman–Crippen LogP) is 6.12. The Morgan fingerprint density at radius 3 is 2.57 bits per heavy atom. The van der Waals surface area contributed by atoms with Crippen molar-refractivity contribution in [1.29, 1.82) is 0 Å². The van der Waals surface area contributed by atoms with Crippen LogP contribution in [0.3, 0.4) is 0 Å². The van der Waals surface area contributed by atoms with Crippen LogP contribution in [0.2, 0.25) is 0 Å². The number of rotatable bonds is 6. The molecule has 1 N–H and O–H groups in total. The zero-order chi connectivity index (χ0) is 20.1. The van der Waals surface area contributed by atoms with Crippen molar-refractivity contribution >= 4 is 28.8 Å². The van der Waals surface area contributed by atoms with Gasteiger partial charge in [-0.1, -0.05) is 48.2 Å². The molecule has 0 fully saturated rings. The number of aromatic nitrogens is 1. The number of hydrogen-bond donors (Lipinski definition) is 1. The molecule has 0 saturated carbocycles. The molecule has 2 aromatic carbocycles. The van der Waals surface area contributed by atoms with Crippen molar-refractivity contribution in [2.45, 2.75) is 49.0 Å². The highest BCUT2D eigenvalue weighted by molar-refractivity contribution is 7.99. The average molecular weight is 397 g/mol. The van der Waals surface area contributed by atoms with Gasteiger partial charge in [0, 0.05) is 40.5 Å². The van der Waals surface area contributed by atoms with Gasteiger partial charge in [-0.25, -0.2) is 4.79 Å². The van der Waals surface area contributed by atoms with Gasteiger partial charge in [-0.05, 0) is 51.3 Å². The molecule has 3 aromatic rings. The normalized spacial score (nSPS) is 11.6. The summed E-state index contributed by atoms with van der Waals surface area (Å²) in [4.78, 5) is 19.6. The van der Waals surface area contributed by atoms with Crippen LogP contribution in [0.5, 0.6) is 0 Å². The van der Waals surface area contributed by atoms with Gasteiger partial charge in [0.2, 0.25) is 0 Å². The van der Waals surface area contributed by atoms with Gasteiger partial charge >= 0.3 is 6.09 Å². The van der Waals surface area contributed by atoms with Crippen LogP contribution in [0.15, 0.2) is 64.5 Å². The van der Waals surface area contributed by atoms with Gasteiger partial charge in [0.25, 0.3) is 0 Å². The number of carbonyl (C=O) groups excluding carboxylic acids is 1. The number of nitrogens with zero attached hydrogens (tertiary/aromatic N) is 1. The molecule has 1 heterocycles. The van der Waals surface area contributed by atoms with Gasteiger partial charge < -0.3 is 14.6 Å². The molecular weight excluding hydrogens is 368 g/mol. The first-order valence-corrected chi connectivity index (χ1v) is 10.4. The molecule has 1 amide bonds. The summed E-state index contributed by atoms with van der Waals surface area (Å²) in [5.74, 6) is 0. The topological polar surface area (TPSA) is 45.3 Å². The quantitative estimate of drug-likeness (QED) is 0.546. The number of benzene rings is 2. The number of nitrogens with one attached hydrogen (secondary N) is 1. The molecule has 0 radical (unpaired) electrons. The number of aromatic amines is 1. The van der Waals surface area contributed by atoms with Crippen molar-refractivity contribution in [3.05, 3.63) is 60.3 Å². The molecule has 0 unspecified atom stereocenters. The number of H-pyrrole nitrogens is 1. The van der Waals surface area contributed by atoms with Crippen LogP contribution in [-0.4, -0.2) is 35.2 Å². The lowest BCUT2D eigenvalue weighted by Crippen LogP contribution is -2.34. The monoisotopic (exact) mass is 396 g/mol. The second-order valence-electron chi connectivity index (χ2n) is 7.91. The van der Waals surface area contributed by atoms with Gasteiger partial charge in [-0.3, -0.25) is 0 Å². The minimum atomic E-state index is -0.464. The molecule has 0 aliphatic rings. The number of fused-ring (bicyclic) bond motifs is 1. The Balaban J connectivity index is 1.62. The van der Waals surface area contributed by atoms with E-state index in [0.717, 1.165) is 18.4 Å². The van der Waals surface area contributed by atoms with Crippen molar-refractivity contribution in [3.8, 4) is 0 Å². The maximum atomic E-state index is 12.1. The molecule has 3 rings (SSSR count). The van der Waals surface area contributed by atoms with Crippen LogP contribution in [0.25, 0.3) is 10.9 Å². The van der Waals surface area contributed by atoms with Gasteiger partial charge in [-0.15, -0.1) is 0 Å². The maximum absolute atomic E-state index is 12.1. The number of hydrogen-bond acceptors (Lipinski definition) is 3. The smallest absolute Gasteiger partial charge is 0.410 e. The molecular formula is C23H28N2O2S. The number of carbonyl (C=O) groups is 1. The molecule has 148 valence electrons. The average Bonchev–Trinajstić information content (AvgIpc) is 3.05. The highest BCUT2D eigenvalue weighted by Crippen LogP contribution is 2.35. The first-order valence-electron chi connectivity index (χ1n) is 9.59. The van der Waals surface area contributed by atoms with Crippen molar-refractivity contribution in [2.75, 3.05) is 13.6 Å². The van der Waals surface area contributed by atoms with E-state index in [-0.39, 0.29) is 6.09 Å². The molecule has 0 aliphatic heterocycles. The third-order valence-corrected chi connectivity index (χ3v) is 5.56. The highest BCUT2D eigenvalue weighted by atomic mass is 32.2. The zero-order valence-corrected chi connectivity index (χ0v) is 17.8. The summed E-state index contributed by atoms with van der Waals surface area (Å²) in [5, 5.41) is 1.24. The minimum absolute atomic E-state index is 0.269. The van der Waals surface area contributed by atoms with E-state index in [9.17, 15) is 4.79 Å². The summed E-state index contributed by atoms with van der Waals surface area (Å²) in [6.07, 6.45) is 3.61. The molecule has 0 atom stereocenters. The fourth-order valence-corrected chi connectivity index (χ4v) is 4.09. The molecule has 0 spiro atoms. The van der Waals surface area contributed by atoms with Crippen molar-refractivity contribution < 1.29 is 9.53 Å². The Kier molecular flexibility index (Phi) is 6.35. The van der Waals surface area contributed by atoms with E-state index >= 15 is 0 Å². The SMILES string of the molecule is CN(CCCc1ccccc1Sc1c[nH]c2ccccc12)C(=O)OC(C)(C)C. The van der Waals surface area contributed by atoms with E-state index < -0.39 is 5.60 Å². The highest BCUT2D eigenvalue weighted by Gasteiger charge is 2.19. The number of ether oxygens (including phenoxy) is 1. The van der Waals surface area contributed by atoms with E-state index in [0.29, 0.717) is 6.54 Å². The third kappa shape index (κ3) is 5.32. The number of para-hydroxylation sites is 1. The molecule has 5 heteroatoms. The van der Waals surface area contributed by atoms with Crippen LogP contribution in [0.1, 0.15) is 32.8 Å². The van der Waals surface area contributed by atoms with Crippen molar-refractivity contribution in [3.63, 3.8) is 0 Å². The van der Waals surface area contributed by atoms with E-state index in [2.05, 4.69) is 53.6 Å². The second-order valence-corrected chi connectivity index (χ2v) is 9.00. The third-order valence-electron chi connectivity index (χ3n) is 4.39. The summed E-state index contributed by atoms with van der Waals surface area (Å²) in [6.45, 7) is 6.33. The lowest BCUT2D eigenvalue weighted by atomic mass is 10.1. The van der Waals surface area contributed by atoms with Gasteiger partial charge in [0.05, 0.1) is 0 Å². The van der Waals surface area contributed by atoms with E-state index in [4.69, 9.17) is 4.74 Å². The van der Waals surface area contributed by atoms with Crippen molar-refractivity contribution in [1.82, 2.24) is 9.88 Å². The van der Waals surface area contributed by atoms with E-state index in [1.165, 1.54) is 20.7 Å². The van der Waals surface area contributed by atoms with E-state index in [1.807, 2.05) is 26.8 Å². The standard InChI is InChI=1S/C23H28N2O2S/c1-23(2,3)27-22(26)25(4)15-9-11-17-10-5-8-14-20(17)28-21-16-24-19-13-7-6-12-18(19)21/h5-8,10,12-14,16,24H,9,11,15H2,1-4H3. The van der Waals surface area contributed by atoms with Crippen LogP contribution in [0, 0.1) is 0 Å². The fourth-order valence-electron chi connectivity index (χ4n) is 3.00. The van der Waals surface area contributed by atoms with Crippen LogP contribution in [0.4, 0.5) is 4.79 Å². The van der Waals surface area contributed by atoms with Gasteiger partial charge in [0.1, 0.15) is 5.60 Å². The summed E-state index contributed by atoms with van der Waals surface area (Å²) >= 11 is 1.79. The zero-order valence-electron chi connectivity index (χ0n) is 17.0. The van der Waals surface area contributed by atoms with Crippen LogP contribution < -0.4 is 0 Å². The largest absolute Gasteiger partial charge is 0.444 e. The summed E-state index contributed by atoms with van der Waals surface area (Å²) in [7, 11) is 1.79.